The fourth-order valence-corrected chi connectivity index (χ4v) is 4.31. The van der Waals surface area contributed by atoms with Crippen LogP contribution in [0.5, 0.6) is 5.75 Å². The van der Waals surface area contributed by atoms with E-state index in [1.165, 1.54) is 6.33 Å². The minimum absolute atomic E-state index is 0.281. The highest BCUT2D eigenvalue weighted by molar-refractivity contribution is 9.10. The van der Waals surface area contributed by atoms with Gasteiger partial charge in [0.25, 0.3) is 0 Å². The van der Waals surface area contributed by atoms with E-state index in [-0.39, 0.29) is 5.75 Å². The molecule has 0 atom stereocenters. The number of aryl methyl sites for hydroxylation is 1. The molecule has 29 heavy (non-hydrogen) atoms. The van der Waals surface area contributed by atoms with Gasteiger partial charge in [0.1, 0.15) is 27.2 Å². The maximum absolute atomic E-state index is 9.45. The summed E-state index contributed by atoms with van der Waals surface area (Å²) in [6.07, 6.45) is 3.20. The molecule has 146 valence electrons. The van der Waals surface area contributed by atoms with Gasteiger partial charge in [-0.1, -0.05) is 0 Å². The van der Waals surface area contributed by atoms with Crippen molar-refractivity contribution in [1.82, 2.24) is 24.5 Å². The molecule has 0 radical (unpaired) electrons. The van der Waals surface area contributed by atoms with Crippen LogP contribution in [0.15, 0.2) is 59.7 Å². The van der Waals surface area contributed by atoms with Gasteiger partial charge >= 0.3 is 0 Å². The minimum atomic E-state index is 0.281. The number of halogens is 1. The van der Waals surface area contributed by atoms with E-state index in [9.17, 15) is 5.11 Å². The average molecular weight is 469 g/mol. The molecule has 0 spiro atoms. The maximum Gasteiger partial charge on any atom is 0.181 e. The molecule has 9 heteroatoms. The molecule has 0 aliphatic heterocycles. The molecule has 3 heterocycles. The van der Waals surface area contributed by atoms with Crippen molar-refractivity contribution < 1.29 is 5.11 Å². The number of nitrogens with one attached hydrogen (secondary N) is 1. The Hall–Kier alpha value is -3.04. The van der Waals surface area contributed by atoms with Crippen LogP contribution < -0.4 is 5.32 Å². The molecular formula is C20H17BrN6OS. The Kier molecular flexibility index (Phi) is 5.41. The third-order valence-corrected chi connectivity index (χ3v) is 5.90. The first-order valence-electron chi connectivity index (χ1n) is 8.70. The topological polar surface area (TPSA) is 88.8 Å². The second-order valence-electron chi connectivity index (χ2n) is 6.19. The molecule has 3 aromatic heterocycles. The molecule has 2 aromatic carbocycles. The van der Waals surface area contributed by atoms with Crippen molar-refractivity contribution >= 4 is 54.3 Å². The molecule has 0 saturated carbocycles. The Morgan fingerprint density at radius 3 is 2.59 bits per heavy atom. The summed E-state index contributed by atoms with van der Waals surface area (Å²) < 4.78 is 3.66. The molecule has 0 saturated heterocycles. The molecule has 2 N–H and O–H groups in total. The maximum atomic E-state index is 9.45. The minimum Gasteiger partial charge on any atom is -0.508 e. The third-order valence-electron chi connectivity index (χ3n) is 4.26. The lowest BCUT2D eigenvalue weighted by atomic mass is 10.2. The number of nitrogens with zero attached hydrogens (tertiary/aromatic N) is 5. The Balaban J connectivity index is 0.000000159. The van der Waals surface area contributed by atoms with Gasteiger partial charge in [-0.15, -0.1) is 11.3 Å². The second kappa shape index (κ2) is 8.14. The number of imidazole rings is 1. The van der Waals surface area contributed by atoms with Crippen LogP contribution in [0, 0.1) is 0 Å². The van der Waals surface area contributed by atoms with Gasteiger partial charge in [-0.3, -0.25) is 0 Å². The Bertz CT molecular complexity index is 1280. The number of anilines is 1. The Morgan fingerprint density at radius 1 is 1.07 bits per heavy atom. The molecule has 0 amide bonds. The van der Waals surface area contributed by atoms with Crippen LogP contribution in [0.2, 0.25) is 0 Å². The highest BCUT2D eigenvalue weighted by Crippen LogP contribution is 2.32. The average Bonchev–Trinajstić information content (AvgIpc) is 3.32. The number of fused-ring (bicyclic) bond motifs is 2. The number of aromatic hydroxyl groups is 1. The summed E-state index contributed by atoms with van der Waals surface area (Å²) in [5.41, 5.74) is 4.74. The zero-order chi connectivity index (χ0) is 20.4. The number of hydrogen-bond acceptors (Lipinski definition) is 7. The Morgan fingerprint density at radius 2 is 1.86 bits per heavy atom. The van der Waals surface area contributed by atoms with Crippen LogP contribution in [0.25, 0.3) is 32.0 Å². The van der Waals surface area contributed by atoms with Gasteiger partial charge in [-0.05, 0) is 58.4 Å². The van der Waals surface area contributed by atoms with Crippen molar-refractivity contribution in [3.63, 3.8) is 0 Å². The third kappa shape index (κ3) is 4.06. The summed E-state index contributed by atoms with van der Waals surface area (Å²) in [5.74, 6) is 0.281. The summed E-state index contributed by atoms with van der Waals surface area (Å²) in [5, 5.41) is 13.5. The van der Waals surface area contributed by atoms with E-state index in [2.05, 4.69) is 41.2 Å². The molecule has 0 unspecified atom stereocenters. The number of phenolic OH excluding ortho intramolecular Hbond substituents is 1. The van der Waals surface area contributed by atoms with Crippen LogP contribution >= 0.6 is 27.3 Å². The number of rotatable bonds is 2. The number of aromatic nitrogens is 5. The Labute approximate surface area is 179 Å². The van der Waals surface area contributed by atoms with Gasteiger partial charge in [0.2, 0.25) is 0 Å². The van der Waals surface area contributed by atoms with E-state index in [1.54, 1.807) is 29.8 Å². The quantitative estimate of drug-likeness (QED) is 0.360. The summed E-state index contributed by atoms with van der Waals surface area (Å²) in [7, 11) is 3.80. The molecule has 5 aromatic rings. The van der Waals surface area contributed by atoms with Crippen LogP contribution in [-0.2, 0) is 7.05 Å². The SMILES string of the molecule is CNc1ccc(-c2nc3ccc(O)cc3s2)cc1.Cn1cnc2ncnc(Br)c21. The van der Waals surface area contributed by atoms with Gasteiger partial charge in [0, 0.05) is 25.3 Å². The van der Waals surface area contributed by atoms with Crippen molar-refractivity contribution in [2.24, 2.45) is 7.05 Å². The van der Waals surface area contributed by atoms with Gasteiger partial charge < -0.3 is 15.0 Å². The van der Waals surface area contributed by atoms with Gasteiger partial charge in [0.15, 0.2) is 5.65 Å². The van der Waals surface area contributed by atoms with E-state index in [0.717, 1.165) is 42.2 Å². The first kappa shape index (κ1) is 19.3. The molecule has 0 aliphatic rings. The van der Waals surface area contributed by atoms with Crippen molar-refractivity contribution in [3.05, 3.63) is 59.7 Å². The van der Waals surface area contributed by atoms with Crippen LogP contribution in [0.4, 0.5) is 5.69 Å². The summed E-state index contributed by atoms with van der Waals surface area (Å²) in [6, 6.07) is 13.4. The monoisotopic (exact) mass is 468 g/mol. The summed E-state index contributed by atoms with van der Waals surface area (Å²) in [6.45, 7) is 0. The molecule has 0 bridgehead atoms. The fraction of sp³-hybridized carbons (Fsp3) is 0.100. The van der Waals surface area contributed by atoms with Crippen LogP contribution in [0.1, 0.15) is 0 Å². The molecular weight excluding hydrogens is 452 g/mol. The first-order valence-corrected chi connectivity index (χ1v) is 10.3. The standard InChI is InChI=1S/C14H12N2OS.C6H5BrN4/c1-15-10-4-2-9(3-5-10)14-16-12-7-6-11(17)8-13(12)18-14;1-11-3-10-6-4(11)5(7)8-2-9-6/h2-8,15,17H,1H3;2-3H,1H3. The number of hydrogen-bond donors (Lipinski definition) is 2. The lowest BCUT2D eigenvalue weighted by molar-refractivity contribution is 0.476. The van der Waals surface area contributed by atoms with Gasteiger partial charge in [-0.25, -0.2) is 19.9 Å². The predicted molar refractivity (Wildman–Crippen MR) is 120 cm³/mol. The first-order chi connectivity index (χ1) is 14.0. The van der Waals surface area contributed by atoms with Gasteiger partial charge in [-0.2, -0.15) is 0 Å². The largest absolute Gasteiger partial charge is 0.508 e. The molecule has 5 rings (SSSR count). The smallest absolute Gasteiger partial charge is 0.181 e. The van der Waals surface area contributed by atoms with E-state index in [1.807, 2.05) is 49.0 Å². The van der Waals surface area contributed by atoms with Crippen molar-refractivity contribution in [1.29, 1.82) is 0 Å². The van der Waals surface area contributed by atoms with Crippen molar-refractivity contribution in [3.8, 4) is 16.3 Å². The lowest BCUT2D eigenvalue weighted by Crippen LogP contribution is -1.88. The summed E-state index contributed by atoms with van der Waals surface area (Å²) in [4.78, 5) is 16.6. The number of thiazole rings is 1. The molecule has 0 fully saturated rings. The number of phenols is 1. The molecule has 7 nitrogen and oxygen atoms in total. The van der Waals surface area contributed by atoms with E-state index < -0.39 is 0 Å². The van der Waals surface area contributed by atoms with Crippen molar-refractivity contribution in [2.75, 3.05) is 12.4 Å². The predicted octanol–water partition coefficient (Wildman–Crippen LogP) is 4.84. The highest BCUT2D eigenvalue weighted by atomic mass is 79.9. The summed E-state index contributed by atoms with van der Waals surface area (Å²) >= 11 is 4.90. The van der Waals surface area contributed by atoms with Gasteiger partial charge in [0.05, 0.1) is 16.5 Å². The zero-order valence-electron chi connectivity index (χ0n) is 15.7. The van der Waals surface area contributed by atoms with Crippen LogP contribution in [0.3, 0.4) is 0 Å². The fourth-order valence-electron chi connectivity index (χ4n) is 2.76. The van der Waals surface area contributed by atoms with Crippen molar-refractivity contribution in [2.45, 2.75) is 0 Å². The second-order valence-corrected chi connectivity index (χ2v) is 7.97. The van der Waals surface area contributed by atoms with E-state index in [4.69, 9.17) is 0 Å². The van der Waals surface area contributed by atoms with Crippen LogP contribution in [-0.4, -0.2) is 36.7 Å². The normalized spacial score (nSPS) is 10.7. The van der Waals surface area contributed by atoms with E-state index in [0.29, 0.717) is 0 Å². The zero-order valence-corrected chi connectivity index (χ0v) is 18.1. The number of benzene rings is 2. The lowest BCUT2D eigenvalue weighted by Gasteiger charge is -2.00. The molecule has 0 aliphatic carbocycles. The highest BCUT2D eigenvalue weighted by Gasteiger charge is 2.07. The van der Waals surface area contributed by atoms with E-state index >= 15 is 0 Å².